The van der Waals surface area contributed by atoms with Crippen molar-refractivity contribution in [3.63, 3.8) is 0 Å². The molecule has 1 aliphatic rings. The molecule has 0 atom stereocenters. The van der Waals surface area contributed by atoms with Crippen LogP contribution >= 0.6 is 0 Å². The van der Waals surface area contributed by atoms with Crippen molar-refractivity contribution in [1.29, 1.82) is 0 Å². The minimum absolute atomic E-state index is 0.0589. The second kappa shape index (κ2) is 9.72. The highest BCUT2D eigenvalue weighted by atomic mass is 32.2. The van der Waals surface area contributed by atoms with Gasteiger partial charge in [-0.25, -0.2) is 12.4 Å². The van der Waals surface area contributed by atoms with Crippen molar-refractivity contribution in [2.75, 3.05) is 20.1 Å². The Morgan fingerprint density at radius 2 is 1.50 bits per heavy atom. The number of hydrogen-bond donors (Lipinski definition) is 0. The molecule has 0 aliphatic carbocycles. The fourth-order valence-corrected chi connectivity index (χ4v) is 7.18. The number of aromatic nitrogens is 1. The molecule has 1 aromatic heterocycles. The minimum Gasteiger partial charge on any atom is -0.379 e. The Kier molecular flexibility index (Phi) is 6.63. The summed E-state index contributed by atoms with van der Waals surface area (Å²) in [6.07, 6.45) is 3.50. The van der Waals surface area contributed by atoms with Gasteiger partial charge in [-0.3, -0.25) is 0 Å². The highest BCUT2D eigenvalue weighted by molar-refractivity contribution is 7.89. The Morgan fingerprint density at radius 1 is 0.861 bits per heavy atom. The van der Waals surface area contributed by atoms with Gasteiger partial charge in [-0.15, -0.1) is 0 Å². The molecule has 3 aromatic carbocycles. The van der Waals surface area contributed by atoms with Crippen LogP contribution in [0.15, 0.2) is 90.0 Å². The average molecular weight is 525 g/mol. The molecule has 0 spiro atoms. The number of hydrogen-bond acceptors (Lipinski definition) is 6. The molecule has 0 saturated carbocycles. The van der Waals surface area contributed by atoms with E-state index in [1.165, 1.54) is 22.2 Å². The van der Waals surface area contributed by atoms with Crippen molar-refractivity contribution in [1.82, 2.24) is 8.87 Å². The molecule has 36 heavy (non-hydrogen) atoms. The monoisotopic (exact) mass is 524 g/mol. The molecule has 188 valence electrons. The largest absolute Gasteiger partial charge is 0.379 e. The summed E-state index contributed by atoms with van der Waals surface area (Å²) in [5, 5.41) is 0.696. The topological polar surface area (TPSA) is 85.7 Å². The van der Waals surface area contributed by atoms with Crippen LogP contribution in [0.2, 0.25) is 0 Å². The first-order valence-electron chi connectivity index (χ1n) is 11.8. The van der Waals surface area contributed by atoms with Crippen LogP contribution < -0.4 is 4.18 Å². The van der Waals surface area contributed by atoms with Crippen molar-refractivity contribution in [3.8, 4) is 5.75 Å². The Labute approximate surface area is 212 Å². The summed E-state index contributed by atoms with van der Waals surface area (Å²) in [5.74, 6) is 0.182. The molecular formula is C27H28N2O5S2. The third-order valence-corrected chi connectivity index (χ3v) is 9.52. The predicted octanol–water partition coefficient (Wildman–Crippen LogP) is 4.60. The van der Waals surface area contributed by atoms with E-state index in [-0.39, 0.29) is 22.3 Å². The van der Waals surface area contributed by atoms with Crippen LogP contribution in [-0.2, 0) is 25.9 Å². The molecule has 1 saturated heterocycles. The fraction of sp³-hybridized carbons (Fsp3) is 0.259. The zero-order chi connectivity index (χ0) is 25.3. The lowest BCUT2D eigenvalue weighted by atomic mass is 9.89. The standard InChI is InChI=1S/C27H28N2O5S2/c1-28-16-14-22(15-17-28)26-19-29(35(30,31)20-21-8-4-2-5-9-21)27-13-12-23(18-25(26)27)34-36(32,33)24-10-6-3-7-11-24/h2-13,18-19,22H,14-17,20H2,1H3. The number of rotatable bonds is 7. The molecule has 1 fully saturated rings. The Bertz CT molecular complexity index is 1570. The second-order valence-corrected chi connectivity index (χ2v) is 12.6. The molecule has 0 radical (unpaired) electrons. The van der Waals surface area contributed by atoms with Gasteiger partial charge in [0, 0.05) is 11.6 Å². The third kappa shape index (κ3) is 5.04. The summed E-state index contributed by atoms with van der Waals surface area (Å²) >= 11 is 0. The van der Waals surface area contributed by atoms with Crippen molar-refractivity contribution in [2.45, 2.75) is 29.4 Å². The summed E-state index contributed by atoms with van der Waals surface area (Å²) in [5.41, 5.74) is 2.12. The van der Waals surface area contributed by atoms with Gasteiger partial charge in [0.05, 0.1) is 11.3 Å². The lowest BCUT2D eigenvalue weighted by molar-refractivity contribution is 0.256. The van der Waals surface area contributed by atoms with Gasteiger partial charge in [-0.05, 0) is 80.4 Å². The van der Waals surface area contributed by atoms with Crippen molar-refractivity contribution in [3.05, 3.63) is 96.2 Å². The quantitative estimate of drug-likeness (QED) is 0.329. The van der Waals surface area contributed by atoms with E-state index < -0.39 is 20.1 Å². The van der Waals surface area contributed by atoms with Crippen molar-refractivity contribution >= 4 is 31.0 Å². The third-order valence-electron chi connectivity index (χ3n) is 6.66. The summed E-state index contributed by atoms with van der Waals surface area (Å²) in [6, 6.07) is 21.8. The molecule has 0 amide bonds. The van der Waals surface area contributed by atoms with E-state index in [1.54, 1.807) is 48.7 Å². The lowest BCUT2D eigenvalue weighted by Gasteiger charge is -2.28. The molecule has 1 aliphatic heterocycles. The summed E-state index contributed by atoms with van der Waals surface area (Å²) in [7, 11) is -5.66. The number of benzene rings is 3. The summed E-state index contributed by atoms with van der Waals surface area (Å²) < 4.78 is 59.4. The van der Waals surface area contributed by atoms with E-state index >= 15 is 0 Å². The summed E-state index contributed by atoms with van der Waals surface area (Å²) in [6.45, 7) is 1.82. The average Bonchev–Trinajstić information content (AvgIpc) is 3.25. The van der Waals surface area contributed by atoms with E-state index in [2.05, 4.69) is 11.9 Å². The van der Waals surface area contributed by atoms with Gasteiger partial charge in [0.25, 0.3) is 0 Å². The van der Waals surface area contributed by atoms with Gasteiger partial charge in [-0.1, -0.05) is 48.5 Å². The van der Waals surface area contributed by atoms with E-state index in [4.69, 9.17) is 4.18 Å². The van der Waals surface area contributed by atoms with Crippen LogP contribution in [0, 0.1) is 0 Å². The lowest BCUT2D eigenvalue weighted by Crippen LogP contribution is -2.29. The second-order valence-electron chi connectivity index (χ2n) is 9.23. The van der Waals surface area contributed by atoms with E-state index in [0.717, 1.165) is 31.5 Å². The first-order chi connectivity index (χ1) is 17.2. The normalized spacial score (nSPS) is 15.8. The van der Waals surface area contributed by atoms with Gasteiger partial charge in [0.15, 0.2) is 0 Å². The highest BCUT2D eigenvalue weighted by Gasteiger charge is 2.27. The zero-order valence-corrected chi connectivity index (χ0v) is 21.6. The molecule has 0 N–H and O–H groups in total. The zero-order valence-electron chi connectivity index (χ0n) is 19.9. The Morgan fingerprint density at radius 3 is 2.17 bits per heavy atom. The van der Waals surface area contributed by atoms with Crippen molar-refractivity contribution < 1.29 is 21.0 Å². The van der Waals surface area contributed by atoms with Crippen LogP contribution in [-0.4, -0.2) is 45.8 Å². The maximum absolute atomic E-state index is 13.5. The number of likely N-dealkylation sites (tertiary alicyclic amines) is 1. The maximum Gasteiger partial charge on any atom is 0.339 e. The number of nitrogens with zero attached hydrogens (tertiary/aromatic N) is 2. The molecule has 7 nitrogen and oxygen atoms in total. The van der Waals surface area contributed by atoms with Gasteiger partial charge < -0.3 is 9.08 Å². The minimum atomic E-state index is -4.02. The molecular weight excluding hydrogens is 496 g/mol. The Hall–Kier alpha value is -3.14. The van der Waals surface area contributed by atoms with Gasteiger partial charge in [-0.2, -0.15) is 8.42 Å². The SMILES string of the molecule is CN1CCC(c2cn(S(=O)(=O)Cc3ccccc3)c3ccc(OS(=O)(=O)c4ccccc4)cc23)CC1. The van der Waals surface area contributed by atoms with Gasteiger partial charge in [0.1, 0.15) is 10.6 Å². The van der Waals surface area contributed by atoms with E-state index in [9.17, 15) is 16.8 Å². The predicted molar refractivity (Wildman–Crippen MR) is 140 cm³/mol. The molecule has 9 heteroatoms. The van der Waals surface area contributed by atoms with Gasteiger partial charge in [0.2, 0.25) is 10.0 Å². The molecule has 2 heterocycles. The van der Waals surface area contributed by atoms with Crippen LogP contribution in [0.1, 0.15) is 29.9 Å². The molecule has 4 aromatic rings. The smallest absolute Gasteiger partial charge is 0.339 e. The fourth-order valence-electron chi connectivity index (χ4n) is 4.75. The highest BCUT2D eigenvalue weighted by Crippen LogP contribution is 2.37. The molecule has 0 unspecified atom stereocenters. The van der Waals surface area contributed by atoms with Crippen LogP contribution in [0.4, 0.5) is 0 Å². The van der Waals surface area contributed by atoms with E-state index in [1.807, 2.05) is 18.2 Å². The van der Waals surface area contributed by atoms with Crippen LogP contribution in [0.5, 0.6) is 5.75 Å². The molecule has 0 bridgehead atoms. The number of fused-ring (bicyclic) bond motifs is 1. The van der Waals surface area contributed by atoms with E-state index in [0.29, 0.717) is 16.5 Å². The summed E-state index contributed by atoms with van der Waals surface area (Å²) in [4.78, 5) is 2.31. The van der Waals surface area contributed by atoms with Crippen LogP contribution in [0.3, 0.4) is 0 Å². The van der Waals surface area contributed by atoms with Crippen molar-refractivity contribution in [2.24, 2.45) is 0 Å². The number of piperidine rings is 1. The maximum atomic E-state index is 13.5. The first-order valence-corrected chi connectivity index (χ1v) is 14.8. The van der Waals surface area contributed by atoms with Gasteiger partial charge >= 0.3 is 10.1 Å². The molecule has 5 rings (SSSR count). The Balaban J connectivity index is 1.57. The van der Waals surface area contributed by atoms with Crippen LogP contribution in [0.25, 0.3) is 10.9 Å². The first kappa shape index (κ1) is 24.5.